The fourth-order valence-corrected chi connectivity index (χ4v) is 4.77. The molecule has 1 aliphatic rings. The van der Waals surface area contributed by atoms with Gasteiger partial charge >= 0.3 is 12.2 Å². The fraction of sp³-hybridized carbons (Fsp3) is 0.545. The minimum absolute atomic E-state index is 0.142. The number of anilines is 1. The van der Waals surface area contributed by atoms with E-state index in [1.165, 1.54) is 17.8 Å². The standard InChI is InChI=1S/C22H29F3N6O2S/c1-3-26-20(33)28-19(32)14(2)34-21-30-29-18(31(21)17-10-5-4-6-11-17)13-27-16-9-7-8-15(12-16)22(23,24)25/h7-9,12,14,17,27H,3-6,10-11,13H2,1-2H3,(H2,26,28,32,33). The lowest BCUT2D eigenvalue weighted by Crippen LogP contribution is -2.42. The molecule has 34 heavy (non-hydrogen) atoms. The van der Waals surface area contributed by atoms with E-state index >= 15 is 0 Å². The van der Waals surface area contributed by atoms with E-state index in [4.69, 9.17) is 0 Å². The van der Waals surface area contributed by atoms with Crippen molar-refractivity contribution in [1.82, 2.24) is 25.4 Å². The summed E-state index contributed by atoms with van der Waals surface area (Å²) in [5.41, 5.74) is -0.397. The summed E-state index contributed by atoms with van der Waals surface area (Å²) in [6, 6.07) is 4.60. The highest BCUT2D eigenvalue weighted by Crippen LogP contribution is 2.34. The number of hydrogen-bond acceptors (Lipinski definition) is 6. The summed E-state index contributed by atoms with van der Waals surface area (Å²) >= 11 is 1.20. The molecule has 12 heteroatoms. The Morgan fingerprint density at radius 1 is 1.21 bits per heavy atom. The molecule has 3 amide bonds. The Kier molecular flexibility index (Phi) is 8.81. The van der Waals surface area contributed by atoms with Crippen LogP contribution in [0.5, 0.6) is 0 Å². The smallest absolute Gasteiger partial charge is 0.378 e. The molecular formula is C22H29F3N6O2S. The van der Waals surface area contributed by atoms with Gasteiger partial charge in [-0.25, -0.2) is 4.79 Å². The third kappa shape index (κ3) is 6.87. The summed E-state index contributed by atoms with van der Waals surface area (Å²) in [5, 5.41) is 16.3. The van der Waals surface area contributed by atoms with Crippen LogP contribution in [0.1, 0.15) is 63.4 Å². The first-order valence-electron chi connectivity index (χ1n) is 11.3. The average Bonchev–Trinajstić information content (AvgIpc) is 3.20. The van der Waals surface area contributed by atoms with Gasteiger partial charge in [-0.2, -0.15) is 13.2 Å². The largest absolute Gasteiger partial charge is 0.416 e. The van der Waals surface area contributed by atoms with Crippen LogP contribution in [0.3, 0.4) is 0 Å². The number of amides is 3. The predicted molar refractivity (Wildman–Crippen MR) is 123 cm³/mol. The molecule has 1 fully saturated rings. The lowest BCUT2D eigenvalue weighted by atomic mass is 9.95. The molecule has 0 saturated heterocycles. The van der Waals surface area contributed by atoms with Gasteiger partial charge in [-0.05, 0) is 44.9 Å². The number of carbonyl (C=O) groups is 2. The summed E-state index contributed by atoms with van der Waals surface area (Å²) in [6.45, 7) is 4.02. The maximum atomic E-state index is 13.0. The molecule has 1 aromatic heterocycles. The second kappa shape index (κ2) is 11.6. The monoisotopic (exact) mass is 498 g/mol. The second-order valence-corrected chi connectivity index (χ2v) is 9.41. The van der Waals surface area contributed by atoms with Gasteiger partial charge < -0.3 is 15.2 Å². The van der Waals surface area contributed by atoms with Crippen LogP contribution >= 0.6 is 11.8 Å². The van der Waals surface area contributed by atoms with Crippen LogP contribution in [0.4, 0.5) is 23.7 Å². The Hall–Kier alpha value is -2.76. The number of hydrogen-bond donors (Lipinski definition) is 3. The summed E-state index contributed by atoms with van der Waals surface area (Å²) in [6.07, 6.45) is 0.698. The van der Waals surface area contributed by atoms with Crippen molar-refractivity contribution in [1.29, 1.82) is 0 Å². The van der Waals surface area contributed by atoms with Gasteiger partial charge in [-0.15, -0.1) is 10.2 Å². The van der Waals surface area contributed by atoms with Crippen LogP contribution in [-0.2, 0) is 17.5 Å². The molecule has 1 aliphatic carbocycles. The number of imide groups is 1. The van der Waals surface area contributed by atoms with Crippen molar-refractivity contribution in [2.24, 2.45) is 0 Å². The molecule has 1 unspecified atom stereocenters. The normalized spacial score (nSPS) is 15.6. The number of benzene rings is 1. The number of nitrogens with one attached hydrogen (secondary N) is 3. The number of carbonyl (C=O) groups excluding carboxylic acids is 2. The predicted octanol–water partition coefficient (Wildman–Crippen LogP) is 4.74. The number of alkyl halides is 3. The molecule has 8 nitrogen and oxygen atoms in total. The topological polar surface area (TPSA) is 101 Å². The first kappa shape index (κ1) is 25.9. The van der Waals surface area contributed by atoms with Crippen LogP contribution in [0.15, 0.2) is 29.4 Å². The van der Waals surface area contributed by atoms with E-state index in [-0.39, 0.29) is 12.6 Å². The Morgan fingerprint density at radius 3 is 2.62 bits per heavy atom. The molecule has 1 aromatic carbocycles. The summed E-state index contributed by atoms with van der Waals surface area (Å²) in [4.78, 5) is 24.1. The van der Waals surface area contributed by atoms with Crippen LogP contribution in [0, 0.1) is 0 Å². The van der Waals surface area contributed by atoms with E-state index in [0.717, 1.165) is 44.2 Å². The number of halogens is 3. The Labute approximate surface area is 200 Å². The highest BCUT2D eigenvalue weighted by Gasteiger charge is 2.30. The van der Waals surface area contributed by atoms with E-state index < -0.39 is 28.9 Å². The van der Waals surface area contributed by atoms with Crippen LogP contribution in [0.25, 0.3) is 0 Å². The number of nitrogens with zero attached hydrogens (tertiary/aromatic N) is 3. The van der Waals surface area contributed by atoms with Crippen LogP contribution in [0.2, 0.25) is 0 Å². The minimum atomic E-state index is -4.42. The van der Waals surface area contributed by atoms with Gasteiger partial charge in [0.25, 0.3) is 0 Å². The molecule has 1 saturated carbocycles. The number of aromatic nitrogens is 3. The minimum Gasteiger partial charge on any atom is -0.378 e. The van der Waals surface area contributed by atoms with E-state index in [9.17, 15) is 22.8 Å². The van der Waals surface area contributed by atoms with Crippen LogP contribution < -0.4 is 16.0 Å². The highest BCUT2D eigenvalue weighted by molar-refractivity contribution is 8.00. The molecule has 3 N–H and O–H groups in total. The van der Waals surface area contributed by atoms with Crippen molar-refractivity contribution in [2.75, 3.05) is 11.9 Å². The highest BCUT2D eigenvalue weighted by atomic mass is 32.2. The second-order valence-electron chi connectivity index (χ2n) is 8.10. The molecule has 0 aliphatic heterocycles. The summed E-state index contributed by atoms with van der Waals surface area (Å²) < 4.78 is 41.1. The summed E-state index contributed by atoms with van der Waals surface area (Å²) in [5.74, 6) is 0.140. The molecule has 3 rings (SSSR count). The van der Waals surface area contributed by atoms with Gasteiger partial charge in [0.05, 0.1) is 17.4 Å². The van der Waals surface area contributed by atoms with Crippen molar-refractivity contribution >= 4 is 29.4 Å². The molecule has 1 heterocycles. The third-order valence-electron chi connectivity index (χ3n) is 5.54. The van der Waals surface area contributed by atoms with Crippen molar-refractivity contribution in [2.45, 2.75) is 75.1 Å². The number of rotatable bonds is 8. The first-order chi connectivity index (χ1) is 16.2. The third-order valence-corrected chi connectivity index (χ3v) is 6.60. The molecular weight excluding hydrogens is 469 g/mol. The fourth-order valence-electron chi connectivity index (χ4n) is 3.83. The van der Waals surface area contributed by atoms with E-state index in [1.807, 2.05) is 4.57 Å². The van der Waals surface area contributed by atoms with Gasteiger partial charge in [-0.1, -0.05) is 37.1 Å². The zero-order valence-electron chi connectivity index (χ0n) is 19.1. The average molecular weight is 499 g/mol. The van der Waals surface area contributed by atoms with Crippen molar-refractivity contribution in [3.8, 4) is 0 Å². The van der Waals surface area contributed by atoms with Gasteiger partial charge in [-0.3, -0.25) is 10.1 Å². The van der Waals surface area contributed by atoms with E-state index in [2.05, 4.69) is 26.1 Å². The number of thioether (sulfide) groups is 1. The van der Waals surface area contributed by atoms with E-state index in [0.29, 0.717) is 23.2 Å². The molecule has 0 radical (unpaired) electrons. The van der Waals surface area contributed by atoms with Crippen molar-refractivity contribution in [3.05, 3.63) is 35.7 Å². The maximum absolute atomic E-state index is 13.0. The summed E-state index contributed by atoms with van der Waals surface area (Å²) in [7, 11) is 0. The lowest BCUT2D eigenvalue weighted by Gasteiger charge is -2.26. The Balaban J connectivity index is 1.76. The zero-order valence-corrected chi connectivity index (χ0v) is 19.9. The first-order valence-corrected chi connectivity index (χ1v) is 12.2. The van der Waals surface area contributed by atoms with Crippen molar-refractivity contribution in [3.63, 3.8) is 0 Å². The zero-order chi connectivity index (χ0) is 24.7. The van der Waals surface area contributed by atoms with Crippen molar-refractivity contribution < 1.29 is 22.8 Å². The molecule has 1 atom stereocenters. The van der Waals surface area contributed by atoms with Gasteiger partial charge in [0, 0.05) is 18.3 Å². The quantitative estimate of drug-likeness (QED) is 0.455. The van der Waals surface area contributed by atoms with Gasteiger partial charge in [0.15, 0.2) is 11.0 Å². The molecule has 2 aromatic rings. The molecule has 0 spiro atoms. The Bertz CT molecular complexity index is 991. The SMILES string of the molecule is CCNC(=O)NC(=O)C(C)Sc1nnc(CNc2cccc(C(F)(F)F)c2)n1C1CCCCC1. The maximum Gasteiger partial charge on any atom is 0.416 e. The molecule has 186 valence electrons. The van der Waals surface area contributed by atoms with Gasteiger partial charge in [0.1, 0.15) is 0 Å². The van der Waals surface area contributed by atoms with Crippen LogP contribution in [-0.4, -0.2) is 38.5 Å². The molecule has 0 bridgehead atoms. The van der Waals surface area contributed by atoms with E-state index in [1.54, 1.807) is 19.9 Å². The Morgan fingerprint density at radius 2 is 1.94 bits per heavy atom. The lowest BCUT2D eigenvalue weighted by molar-refractivity contribution is -0.137. The van der Waals surface area contributed by atoms with Gasteiger partial charge in [0.2, 0.25) is 5.91 Å². The number of urea groups is 1.